The molecule has 1 heterocycles. The van der Waals surface area contributed by atoms with Crippen LogP contribution in [-0.4, -0.2) is 18.6 Å². The zero-order valence-corrected chi connectivity index (χ0v) is 5.11. The van der Waals surface area contributed by atoms with Gasteiger partial charge in [-0.2, -0.15) is 0 Å². The Hall–Kier alpha value is -0.280. The molecule has 2 N–H and O–H groups in total. The first-order valence-corrected chi connectivity index (χ1v) is 2.20. The monoisotopic (exact) mass is 137 g/mol. The van der Waals surface area contributed by atoms with Gasteiger partial charge >= 0.3 is 5.97 Å². The number of rotatable bonds is 0. The van der Waals surface area contributed by atoms with Crippen LogP contribution in [-0.2, 0) is 9.53 Å². The Bertz CT molecular complexity index is 96.0. The number of halogens is 1. The molecule has 8 heavy (non-hydrogen) atoms. The van der Waals surface area contributed by atoms with Gasteiger partial charge in [-0.25, -0.2) is 0 Å². The second-order valence-electron chi connectivity index (χ2n) is 1.65. The van der Waals surface area contributed by atoms with Crippen molar-refractivity contribution in [2.45, 2.75) is 12.5 Å². The van der Waals surface area contributed by atoms with Gasteiger partial charge in [-0.3, -0.25) is 4.79 Å². The molecule has 48 valence electrons. The predicted octanol–water partition coefficient (Wildman–Crippen LogP) is -0.318. The van der Waals surface area contributed by atoms with Crippen LogP contribution in [0.2, 0.25) is 0 Å². The van der Waals surface area contributed by atoms with Gasteiger partial charge in [0, 0.05) is 6.04 Å². The average molecular weight is 138 g/mol. The van der Waals surface area contributed by atoms with Crippen LogP contribution >= 0.6 is 12.4 Å². The lowest BCUT2D eigenvalue weighted by Crippen LogP contribution is -2.18. The SMILES string of the molecule is Cl.N[C@@H]1COC(=O)C1. The highest BCUT2D eigenvalue weighted by molar-refractivity contribution is 5.85. The highest BCUT2D eigenvalue weighted by Crippen LogP contribution is 2.00. The van der Waals surface area contributed by atoms with E-state index in [1.807, 2.05) is 0 Å². The quantitative estimate of drug-likeness (QED) is 0.466. The molecule has 1 aliphatic heterocycles. The summed E-state index contributed by atoms with van der Waals surface area (Å²) in [5.74, 6) is -0.174. The normalized spacial score (nSPS) is 26.6. The summed E-state index contributed by atoms with van der Waals surface area (Å²) in [6.07, 6.45) is 0.389. The van der Waals surface area contributed by atoms with E-state index in [2.05, 4.69) is 4.74 Å². The van der Waals surface area contributed by atoms with Gasteiger partial charge in [0.1, 0.15) is 6.61 Å². The van der Waals surface area contributed by atoms with Crippen molar-refractivity contribution < 1.29 is 9.53 Å². The molecular formula is C4H8ClNO2. The van der Waals surface area contributed by atoms with Crippen molar-refractivity contribution in [1.82, 2.24) is 0 Å². The van der Waals surface area contributed by atoms with Crippen LogP contribution in [0.1, 0.15) is 6.42 Å². The number of hydrogen-bond donors (Lipinski definition) is 1. The van der Waals surface area contributed by atoms with Crippen molar-refractivity contribution in [2.24, 2.45) is 5.73 Å². The van der Waals surface area contributed by atoms with Crippen LogP contribution in [0.3, 0.4) is 0 Å². The third kappa shape index (κ3) is 1.68. The minimum atomic E-state index is -0.174. The molecule has 1 rings (SSSR count). The van der Waals surface area contributed by atoms with Gasteiger partial charge in [-0.1, -0.05) is 0 Å². The summed E-state index contributed by atoms with van der Waals surface area (Å²) in [6.45, 7) is 0.402. The molecule has 0 aromatic heterocycles. The lowest BCUT2D eigenvalue weighted by Gasteiger charge is -1.88. The summed E-state index contributed by atoms with van der Waals surface area (Å²) in [6, 6.07) is -0.0486. The number of nitrogens with two attached hydrogens (primary N) is 1. The topological polar surface area (TPSA) is 52.3 Å². The molecule has 0 bridgehead atoms. The molecule has 4 heteroatoms. The van der Waals surface area contributed by atoms with Crippen LogP contribution in [0.4, 0.5) is 0 Å². The smallest absolute Gasteiger partial charge is 0.307 e. The Labute approximate surface area is 53.6 Å². The summed E-state index contributed by atoms with van der Waals surface area (Å²) in [4.78, 5) is 10.2. The Balaban J connectivity index is 0.000000490. The first-order chi connectivity index (χ1) is 3.29. The summed E-state index contributed by atoms with van der Waals surface area (Å²) in [7, 11) is 0. The molecular weight excluding hydrogens is 130 g/mol. The van der Waals surface area contributed by atoms with E-state index in [0.29, 0.717) is 13.0 Å². The molecule has 1 fully saturated rings. The number of ether oxygens (including phenoxy) is 1. The fourth-order valence-corrected chi connectivity index (χ4v) is 0.532. The van der Waals surface area contributed by atoms with E-state index in [0.717, 1.165) is 0 Å². The van der Waals surface area contributed by atoms with Crippen molar-refractivity contribution in [2.75, 3.05) is 6.61 Å². The number of hydrogen-bond acceptors (Lipinski definition) is 3. The molecule has 0 saturated carbocycles. The van der Waals surface area contributed by atoms with Crippen LogP contribution in [0, 0.1) is 0 Å². The Kier molecular flexibility index (Phi) is 2.79. The molecule has 1 atom stereocenters. The van der Waals surface area contributed by atoms with Crippen molar-refractivity contribution in [1.29, 1.82) is 0 Å². The minimum Gasteiger partial charge on any atom is -0.464 e. The molecule has 0 aromatic carbocycles. The van der Waals surface area contributed by atoms with Crippen molar-refractivity contribution in [3.8, 4) is 0 Å². The van der Waals surface area contributed by atoms with Gasteiger partial charge in [0.05, 0.1) is 6.42 Å². The van der Waals surface area contributed by atoms with E-state index >= 15 is 0 Å². The highest BCUT2D eigenvalue weighted by Gasteiger charge is 2.18. The largest absolute Gasteiger partial charge is 0.464 e. The molecule has 0 spiro atoms. The maximum Gasteiger partial charge on any atom is 0.307 e. The third-order valence-corrected chi connectivity index (χ3v) is 0.887. The maximum absolute atomic E-state index is 10.2. The standard InChI is InChI=1S/C4H7NO2.ClH/c5-3-1-4(6)7-2-3;/h3H,1-2,5H2;1H/t3-;/m0./s1. The van der Waals surface area contributed by atoms with Crippen molar-refractivity contribution >= 4 is 18.4 Å². The molecule has 3 nitrogen and oxygen atoms in total. The molecule has 0 radical (unpaired) electrons. The minimum absolute atomic E-state index is 0. The van der Waals surface area contributed by atoms with Crippen LogP contribution in [0.5, 0.6) is 0 Å². The van der Waals surface area contributed by atoms with Crippen LogP contribution < -0.4 is 5.73 Å². The third-order valence-electron chi connectivity index (χ3n) is 0.887. The summed E-state index contributed by atoms with van der Waals surface area (Å²) >= 11 is 0. The number of esters is 1. The van der Waals surface area contributed by atoms with Crippen molar-refractivity contribution in [3.05, 3.63) is 0 Å². The van der Waals surface area contributed by atoms with E-state index in [9.17, 15) is 4.79 Å². The molecule has 0 amide bonds. The van der Waals surface area contributed by atoms with Crippen molar-refractivity contribution in [3.63, 3.8) is 0 Å². The van der Waals surface area contributed by atoms with Gasteiger partial charge in [-0.15, -0.1) is 12.4 Å². The molecule has 0 aliphatic carbocycles. The van der Waals surface area contributed by atoms with Gasteiger partial charge in [0.25, 0.3) is 0 Å². The predicted molar refractivity (Wildman–Crippen MR) is 30.8 cm³/mol. The zero-order chi connectivity index (χ0) is 5.28. The van der Waals surface area contributed by atoms with E-state index in [1.165, 1.54) is 0 Å². The van der Waals surface area contributed by atoms with Crippen LogP contribution in [0.15, 0.2) is 0 Å². The highest BCUT2D eigenvalue weighted by atomic mass is 35.5. The molecule has 1 aliphatic rings. The van der Waals surface area contributed by atoms with Gasteiger partial charge in [-0.05, 0) is 0 Å². The Morgan fingerprint density at radius 3 is 2.50 bits per heavy atom. The van der Waals surface area contributed by atoms with E-state index in [4.69, 9.17) is 5.73 Å². The lowest BCUT2D eigenvalue weighted by atomic mass is 10.3. The zero-order valence-electron chi connectivity index (χ0n) is 4.29. The van der Waals surface area contributed by atoms with Gasteiger partial charge in [0.2, 0.25) is 0 Å². The number of cyclic esters (lactones) is 1. The number of carbonyl (C=O) groups excluding carboxylic acids is 1. The average Bonchev–Trinajstić information content (AvgIpc) is 1.87. The summed E-state index contributed by atoms with van der Waals surface area (Å²) in [5.41, 5.74) is 5.28. The fraction of sp³-hybridized carbons (Fsp3) is 0.750. The Morgan fingerprint density at radius 2 is 2.38 bits per heavy atom. The van der Waals surface area contributed by atoms with E-state index in [-0.39, 0.29) is 24.4 Å². The number of carbonyl (C=O) groups is 1. The van der Waals surface area contributed by atoms with Gasteiger partial charge < -0.3 is 10.5 Å². The molecule has 0 unspecified atom stereocenters. The molecule has 0 aromatic rings. The fourth-order valence-electron chi connectivity index (χ4n) is 0.532. The maximum atomic E-state index is 10.2. The Morgan fingerprint density at radius 1 is 1.75 bits per heavy atom. The summed E-state index contributed by atoms with van der Waals surface area (Å²) < 4.78 is 4.50. The van der Waals surface area contributed by atoms with E-state index in [1.54, 1.807) is 0 Å². The lowest BCUT2D eigenvalue weighted by molar-refractivity contribution is -0.137. The molecule has 1 saturated heterocycles. The van der Waals surface area contributed by atoms with Gasteiger partial charge in [0.15, 0.2) is 0 Å². The second-order valence-corrected chi connectivity index (χ2v) is 1.65. The second kappa shape index (κ2) is 2.89. The summed E-state index contributed by atoms with van der Waals surface area (Å²) in [5, 5.41) is 0. The first kappa shape index (κ1) is 7.72. The van der Waals surface area contributed by atoms with E-state index < -0.39 is 0 Å². The first-order valence-electron chi connectivity index (χ1n) is 2.20. The van der Waals surface area contributed by atoms with Crippen LogP contribution in [0.25, 0.3) is 0 Å².